The van der Waals surface area contributed by atoms with Crippen LogP contribution in [0.1, 0.15) is 45.1 Å². The van der Waals surface area contributed by atoms with Crippen LogP contribution in [0.3, 0.4) is 0 Å². The van der Waals surface area contributed by atoms with Crippen molar-refractivity contribution in [1.82, 2.24) is 25.2 Å². The third-order valence-electron chi connectivity index (χ3n) is 5.59. The molecule has 2 heterocycles. The molecule has 0 saturated heterocycles. The molecule has 0 radical (unpaired) electrons. The molecule has 2 amide bonds. The number of aromatic amines is 1. The number of hydrogen-bond donors (Lipinski definition) is 3. The number of hydrogen-bond acceptors (Lipinski definition) is 4. The van der Waals surface area contributed by atoms with Crippen LogP contribution in [0.5, 0.6) is 0 Å². The molecule has 8 nitrogen and oxygen atoms in total. The maximum absolute atomic E-state index is 13.4. The molecule has 4 rings (SSSR count). The van der Waals surface area contributed by atoms with Crippen molar-refractivity contribution in [2.75, 3.05) is 0 Å². The maximum atomic E-state index is 13.4. The molecule has 0 saturated carbocycles. The van der Waals surface area contributed by atoms with Gasteiger partial charge in [-0.1, -0.05) is 30.3 Å². The second-order valence-electron chi connectivity index (χ2n) is 9.55. The summed E-state index contributed by atoms with van der Waals surface area (Å²) in [4.78, 5) is 33.8. The molecule has 0 fully saturated rings. The highest BCUT2D eigenvalue weighted by Crippen LogP contribution is 2.22. The molecule has 4 aromatic rings. The van der Waals surface area contributed by atoms with Gasteiger partial charge >= 0.3 is 6.09 Å². The Morgan fingerprint density at radius 2 is 1.79 bits per heavy atom. The van der Waals surface area contributed by atoms with Gasteiger partial charge in [-0.25, -0.2) is 9.78 Å². The van der Waals surface area contributed by atoms with Crippen molar-refractivity contribution in [3.63, 3.8) is 0 Å². The van der Waals surface area contributed by atoms with E-state index >= 15 is 0 Å². The summed E-state index contributed by atoms with van der Waals surface area (Å²) in [6, 6.07) is 14.5. The lowest BCUT2D eigenvalue weighted by atomic mass is 10.0. The average molecular weight is 462 g/mol. The second-order valence-corrected chi connectivity index (χ2v) is 9.55. The van der Waals surface area contributed by atoms with Crippen LogP contribution in [0.25, 0.3) is 21.9 Å². The fourth-order valence-electron chi connectivity index (χ4n) is 4.03. The largest absolute Gasteiger partial charge is 0.444 e. The lowest BCUT2D eigenvalue weighted by Gasteiger charge is -2.24. The molecular weight excluding hydrogens is 430 g/mol. The van der Waals surface area contributed by atoms with E-state index in [1.807, 2.05) is 73.3 Å². The van der Waals surface area contributed by atoms with Gasteiger partial charge in [-0.2, -0.15) is 0 Å². The number of ether oxygens (including phenoxy) is 1. The minimum atomic E-state index is -0.826. The lowest BCUT2D eigenvalue weighted by molar-refractivity contribution is -0.123. The van der Waals surface area contributed by atoms with Crippen LogP contribution < -0.4 is 10.6 Å². The van der Waals surface area contributed by atoms with Gasteiger partial charge in [0.05, 0.1) is 17.1 Å². The number of carbonyl (C=O) groups is 2. The summed E-state index contributed by atoms with van der Waals surface area (Å²) in [5.41, 5.74) is 3.08. The van der Waals surface area contributed by atoms with Gasteiger partial charge in [0.2, 0.25) is 5.91 Å². The van der Waals surface area contributed by atoms with Crippen molar-refractivity contribution in [2.24, 2.45) is 7.05 Å². The van der Waals surface area contributed by atoms with E-state index in [2.05, 4.69) is 20.6 Å². The van der Waals surface area contributed by atoms with Crippen LogP contribution in [0.15, 0.2) is 54.7 Å². The number of fused-ring (bicyclic) bond motifs is 2. The Labute approximate surface area is 198 Å². The van der Waals surface area contributed by atoms with Crippen molar-refractivity contribution in [3.05, 3.63) is 66.1 Å². The third-order valence-corrected chi connectivity index (χ3v) is 5.59. The Bertz CT molecular complexity index is 1300. The Morgan fingerprint density at radius 3 is 2.53 bits per heavy atom. The SMILES string of the molecule is CC(NC(=O)C(Cc1cn(C)c2ccccc12)NC(=O)OC(C)(C)C)c1nc2ccccc2[nH]1. The number of amides is 2. The van der Waals surface area contributed by atoms with Gasteiger partial charge in [0.1, 0.15) is 17.5 Å². The number of H-pyrrole nitrogens is 1. The van der Waals surface area contributed by atoms with Gasteiger partial charge in [-0.15, -0.1) is 0 Å². The summed E-state index contributed by atoms with van der Waals surface area (Å²) >= 11 is 0. The standard InChI is InChI=1S/C26H31N5O3/c1-16(23-28-19-11-7-8-12-20(19)29-23)27-24(32)21(30-25(33)34-26(2,3)4)14-17-15-31(5)22-13-9-6-10-18(17)22/h6-13,15-16,21H,14H2,1-5H3,(H,27,32)(H,28,29)(H,30,33). The van der Waals surface area contributed by atoms with Gasteiger partial charge in [-0.05, 0) is 51.5 Å². The molecule has 0 aliphatic carbocycles. The lowest BCUT2D eigenvalue weighted by Crippen LogP contribution is -2.49. The number of aryl methyl sites for hydroxylation is 1. The van der Waals surface area contributed by atoms with Crippen molar-refractivity contribution in [1.29, 1.82) is 0 Å². The molecule has 3 N–H and O–H groups in total. The highest BCUT2D eigenvalue weighted by molar-refractivity contribution is 5.89. The smallest absolute Gasteiger partial charge is 0.408 e. The van der Waals surface area contributed by atoms with Gasteiger partial charge in [0.25, 0.3) is 0 Å². The quantitative estimate of drug-likeness (QED) is 0.397. The number of imidazole rings is 1. The molecule has 2 unspecified atom stereocenters. The van der Waals surface area contributed by atoms with E-state index in [0.29, 0.717) is 12.2 Å². The predicted octanol–water partition coefficient (Wildman–Crippen LogP) is 4.37. The van der Waals surface area contributed by atoms with Crippen LogP contribution in [0.2, 0.25) is 0 Å². The van der Waals surface area contributed by atoms with Crippen molar-refractivity contribution < 1.29 is 14.3 Å². The van der Waals surface area contributed by atoms with E-state index in [4.69, 9.17) is 4.74 Å². The number of carbonyl (C=O) groups excluding carboxylic acids is 2. The molecule has 8 heteroatoms. The molecule has 0 aliphatic heterocycles. The van der Waals surface area contributed by atoms with Crippen molar-refractivity contribution >= 4 is 33.9 Å². The molecule has 34 heavy (non-hydrogen) atoms. The number of alkyl carbamates (subject to hydrolysis) is 1. The van der Waals surface area contributed by atoms with Gasteiger partial charge in [0.15, 0.2) is 0 Å². The molecule has 2 atom stereocenters. The van der Waals surface area contributed by atoms with Gasteiger partial charge in [-0.3, -0.25) is 4.79 Å². The average Bonchev–Trinajstić information content (AvgIpc) is 3.34. The summed E-state index contributed by atoms with van der Waals surface area (Å²) < 4.78 is 7.44. The Kier molecular flexibility index (Phi) is 6.32. The monoisotopic (exact) mass is 461 g/mol. The van der Waals surface area contributed by atoms with E-state index < -0.39 is 17.7 Å². The van der Waals surface area contributed by atoms with Crippen molar-refractivity contribution in [3.8, 4) is 0 Å². The van der Waals surface area contributed by atoms with Gasteiger partial charge in [0, 0.05) is 30.6 Å². The molecule has 2 aromatic carbocycles. The second kappa shape index (κ2) is 9.21. The highest BCUT2D eigenvalue weighted by Gasteiger charge is 2.27. The molecule has 2 aromatic heterocycles. The minimum Gasteiger partial charge on any atom is -0.444 e. The Hall–Kier alpha value is -3.81. The molecular formula is C26H31N5O3. The number of aromatic nitrogens is 3. The summed E-state index contributed by atoms with van der Waals surface area (Å²) in [5, 5.41) is 6.80. The Balaban J connectivity index is 1.57. The summed E-state index contributed by atoms with van der Waals surface area (Å²) in [7, 11) is 1.96. The molecule has 0 aliphatic rings. The number of nitrogens with one attached hydrogen (secondary N) is 3. The number of para-hydroxylation sites is 3. The zero-order chi connectivity index (χ0) is 24.5. The molecule has 0 bridgehead atoms. The first-order valence-corrected chi connectivity index (χ1v) is 11.4. The minimum absolute atomic E-state index is 0.313. The topological polar surface area (TPSA) is 101 Å². The fraction of sp³-hybridized carbons (Fsp3) is 0.346. The highest BCUT2D eigenvalue weighted by atomic mass is 16.6. The number of rotatable bonds is 6. The number of nitrogens with zero attached hydrogens (tertiary/aromatic N) is 2. The zero-order valence-electron chi connectivity index (χ0n) is 20.2. The Morgan fingerprint density at radius 1 is 1.09 bits per heavy atom. The predicted molar refractivity (Wildman–Crippen MR) is 132 cm³/mol. The molecule has 0 spiro atoms. The first-order chi connectivity index (χ1) is 16.1. The van der Waals surface area contributed by atoms with Crippen LogP contribution in [0, 0.1) is 0 Å². The normalized spacial score (nSPS) is 13.6. The molecule has 178 valence electrons. The first-order valence-electron chi connectivity index (χ1n) is 11.4. The van der Waals surface area contributed by atoms with E-state index in [-0.39, 0.29) is 11.9 Å². The summed E-state index contributed by atoms with van der Waals surface area (Å²) in [6.07, 6.45) is 1.67. The van der Waals surface area contributed by atoms with E-state index in [1.54, 1.807) is 20.8 Å². The van der Waals surface area contributed by atoms with Crippen LogP contribution in [-0.4, -0.2) is 38.2 Å². The van der Waals surface area contributed by atoms with Crippen molar-refractivity contribution in [2.45, 2.75) is 51.8 Å². The zero-order valence-corrected chi connectivity index (χ0v) is 20.2. The summed E-state index contributed by atoms with van der Waals surface area (Å²) in [5.74, 6) is 0.336. The first kappa shape index (κ1) is 23.4. The fourth-order valence-corrected chi connectivity index (χ4v) is 4.03. The van der Waals surface area contributed by atoms with E-state index in [0.717, 1.165) is 27.5 Å². The number of benzene rings is 2. The maximum Gasteiger partial charge on any atom is 0.408 e. The van der Waals surface area contributed by atoms with Gasteiger partial charge < -0.3 is 24.9 Å². The van der Waals surface area contributed by atoms with Crippen LogP contribution in [-0.2, 0) is 23.0 Å². The summed E-state index contributed by atoms with van der Waals surface area (Å²) in [6.45, 7) is 7.22. The third kappa shape index (κ3) is 5.22. The van der Waals surface area contributed by atoms with E-state index in [1.165, 1.54) is 0 Å². The van der Waals surface area contributed by atoms with Crippen LogP contribution in [0.4, 0.5) is 4.79 Å². The van der Waals surface area contributed by atoms with Crippen LogP contribution >= 0.6 is 0 Å². The van der Waals surface area contributed by atoms with E-state index in [9.17, 15) is 9.59 Å².